The molecule has 1 aromatic heterocycles. The second kappa shape index (κ2) is 5.19. The van der Waals surface area contributed by atoms with Crippen LogP contribution < -0.4 is 4.72 Å². The Morgan fingerprint density at radius 2 is 2.11 bits per heavy atom. The van der Waals surface area contributed by atoms with Crippen LogP contribution in [-0.4, -0.2) is 18.5 Å². The van der Waals surface area contributed by atoms with Gasteiger partial charge in [-0.25, -0.2) is 22.2 Å². The molecule has 0 atom stereocenters. The first-order valence-corrected chi connectivity index (χ1v) is 7.31. The van der Waals surface area contributed by atoms with E-state index in [1.165, 1.54) is 11.6 Å². The number of hydrogen-bond donors (Lipinski definition) is 2. The third kappa shape index (κ3) is 2.88. The van der Waals surface area contributed by atoms with Crippen LogP contribution in [0.3, 0.4) is 0 Å². The maximum Gasteiger partial charge on any atom is 0.266 e. The minimum Gasteiger partial charge on any atom is -0.392 e. The fourth-order valence-corrected chi connectivity index (χ4v) is 3.27. The average molecular weight is 306 g/mol. The topological polar surface area (TPSA) is 79.3 Å². The molecule has 2 aromatic rings. The minimum atomic E-state index is -4.30. The van der Waals surface area contributed by atoms with Gasteiger partial charge >= 0.3 is 0 Å². The number of hydrogen-bond acceptors (Lipinski definition) is 5. The van der Waals surface area contributed by atoms with E-state index in [9.17, 15) is 17.2 Å². The molecule has 1 heterocycles. The Kier molecular flexibility index (Phi) is 3.78. The van der Waals surface area contributed by atoms with Crippen molar-refractivity contribution < 1.29 is 22.3 Å². The highest BCUT2D eigenvalue weighted by molar-refractivity contribution is 7.93. The number of halogens is 2. The molecule has 0 aliphatic heterocycles. The smallest absolute Gasteiger partial charge is 0.266 e. The zero-order chi connectivity index (χ0) is 14.0. The van der Waals surface area contributed by atoms with Crippen LogP contribution >= 0.6 is 11.3 Å². The van der Waals surface area contributed by atoms with Gasteiger partial charge in [0, 0.05) is 11.6 Å². The molecule has 0 aliphatic carbocycles. The van der Waals surface area contributed by atoms with Crippen LogP contribution in [0.15, 0.2) is 28.6 Å². The zero-order valence-corrected chi connectivity index (χ0v) is 10.9. The molecule has 0 bridgehead atoms. The SMILES string of the molecule is O=S(=O)(Nc1nccs1)c1cc(CO)cc(F)c1F. The number of aliphatic hydroxyl groups is 1. The minimum absolute atomic E-state index is 0.0363. The van der Waals surface area contributed by atoms with Crippen LogP contribution in [-0.2, 0) is 16.6 Å². The molecule has 9 heteroatoms. The standard InChI is InChI=1S/C10H8F2N2O3S2/c11-7-3-6(5-15)4-8(9(7)12)19(16,17)14-10-13-1-2-18-10/h1-4,15H,5H2,(H,13,14). The third-order valence-electron chi connectivity index (χ3n) is 2.18. The predicted molar refractivity (Wildman–Crippen MR) is 65.2 cm³/mol. The van der Waals surface area contributed by atoms with Crippen LogP contribution in [0, 0.1) is 11.6 Å². The van der Waals surface area contributed by atoms with Crippen molar-refractivity contribution in [3.63, 3.8) is 0 Å². The van der Waals surface area contributed by atoms with Gasteiger partial charge in [-0.15, -0.1) is 11.3 Å². The van der Waals surface area contributed by atoms with Crippen LogP contribution in [0.1, 0.15) is 5.56 Å². The number of nitrogens with zero attached hydrogens (tertiary/aromatic N) is 1. The fourth-order valence-electron chi connectivity index (χ4n) is 1.35. The number of aromatic nitrogens is 1. The Balaban J connectivity index is 2.48. The summed E-state index contributed by atoms with van der Waals surface area (Å²) in [4.78, 5) is 2.82. The first-order valence-electron chi connectivity index (χ1n) is 4.95. The molecule has 5 nitrogen and oxygen atoms in total. The van der Waals surface area contributed by atoms with Crippen molar-refractivity contribution in [1.82, 2.24) is 4.98 Å². The molecule has 0 saturated carbocycles. The summed E-state index contributed by atoms with van der Waals surface area (Å²) < 4.78 is 52.6. The van der Waals surface area contributed by atoms with Crippen molar-refractivity contribution >= 4 is 26.5 Å². The molecule has 0 amide bonds. The first-order chi connectivity index (χ1) is 8.94. The van der Waals surface area contributed by atoms with Gasteiger partial charge in [-0.2, -0.15) is 0 Å². The monoisotopic (exact) mass is 306 g/mol. The van der Waals surface area contributed by atoms with E-state index in [1.807, 2.05) is 4.72 Å². The Bertz CT molecular complexity index is 687. The van der Waals surface area contributed by atoms with Gasteiger partial charge in [0.15, 0.2) is 16.8 Å². The molecule has 2 rings (SSSR count). The van der Waals surface area contributed by atoms with Crippen molar-refractivity contribution in [2.24, 2.45) is 0 Å². The molecule has 0 spiro atoms. The maximum atomic E-state index is 13.5. The first kappa shape index (κ1) is 13.8. The lowest BCUT2D eigenvalue weighted by Gasteiger charge is -2.08. The Morgan fingerprint density at radius 3 is 2.68 bits per heavy atom. The van der Waals surface area contributed by atoms with Gasteiger partial charge in [-0.3, -0.25) is 4.72 Å². The van der Waals surface area contributed by atoms with Crippen molar-refractivity contribution in [2.45, 2.75) is 11.5 Å². The summed E-state index contributed by atoms with van der Waals surface area (Å²) in [6, 6.07) is 1.60. The van der Waals surface area contributed by atoms with Crippen molar-refractivity contribution in [3.05, 3.63) is 40.9 Å². The highest BCUT2D eigenvalue weighted by Crippen LogP contribution is 2.23. The molecule has 0 fully saturated rings. The van der Waals surface area contributed by atoms with Crippen LogP contribution in [0.5, 0.6) is 0 Å². The molecular formula is C10H8F2N2O3S2. The summed E-state index contributed by atoms with van der Waals surface area (Å²) in [5.41, 5.74) is -0.0431. The molecular weight excluding hydrogens is 298 g/mol. The van der Waals surface area contributed by atoms with Crippen molar-refractivity contribution in [3.8, 4) is 0 Å². The van der Waals surface area contributed by atoms with Gasteiger partial charge in [-0.1, -0.05) is 0 Å². The number of rotatable bonds is 4. The molecule has 102 valence electrons. The Labute approximate surface area is 111 Å². The lowest BCUT2D eigenvalue weighted by Crippen LogP contribution is -2.15. The number of anilines is 1. The lowest BCUT2D eigenvalue weighted by atomic mass is 10.2. The molecule has 0 radical (unpaired) electrons. The van der Waals surface area contributed by atoms with E-state index < -0.39 is 33.2 Å². The zero-order valence-electron chi connectivity index (χ0n) is 9.30. The lowest BCUT2D eigenvalue weighted by molar-refractivity contribution is 0.280. The molecule has 1 aromatic carbocycles. The van der Waals surface area contributed by atoms with Crippen molar-refractivity contribution in [1.29, 1.82) is 0 Å². The molecule has 2 N–H and O–H groups in total. The van der Waals surface area contributed by atoms with Gasteiger partial charge in [0.1, 0.15) is 4.90 Å². The van der Waals surface area contributed by atoms with Gasteiger partial charge in [0.2, 0.25) is 0 Å². The summed E-state index contributed by atoms with van der Waals surface area (Å²) in [5, 5.41) is 10.4. The number of sulfonamides is 1. The average Bonchev–Trinajstić information content (AvgIpc) is 2.84. The van der Waals surface area contributed by atoms with E-state index in [0.717, 1.165) is 23.5 Å². The molecule has 0 saturated heterocycles. The molecule has 19 heavy (non-hydrogen) atoms. The molecule has 0 aliphatic rings. The Morgan fingerprint density at radius 1 is 1.37 bits per heavy atom. The maximum absolute atomic E-state index is 13.5. The van der Waals surface area contributed by atoms with E-state index in [-0.39, 0.29) is 10.7 Å². The molecule has 0 unspecified atom stereocenters. The van der Waals surface area contributed by atoms with E-state index in [1.54, 1.807) is 0 Å². The van der Waals surface area contributed by atoms with Crippen LogP contribution in [0.25, 0.3) is 0 Å². The predicted octanol–water partition coefficient (Wildman–Crippen LogP) is 1.71. The summed E-state index contributed by atoms with van der Waals surface area (Å²) in [5.74, 6) is -2.84. The fraction of sp³-hybridized carbons (Fsp3) is 0.100. The second-order valence-corrected chi connectivity index (χ2v) is 6.04. The highest BCUT2D eigenvalue weighted by Gasteiger charge is 2.23. The number of aliphatic hydroxyl groups excluding tert-OH is 1. The summed E-state index contributed by atoms with van der Waals surface area (Å²) in [6.07, 6.45) is 1.36. The summed E-state index contributed by atoms with van der Waals surface area (Å²) in [6.45, 7) is -0.600. The third-order valence-corrected chi connectivity index (χ3v) is 4.34. The largest absolute Gasteiger partial charge is 0.392 e. The highest BCUT2D eigenvalue weighted by atomic mass is 32.2. The summed E-state index contributed by atoms with van der Waals surface area (Å²) >= 11 is 0.997. The van der Waals surface area contributed by atoms with E-state index in [4.69, 9.17) is 5.11 Å². The summed E-state index contributed by atoms with van der Waals surface area (Å²) in [7, 11) is -4.30. The van der Waals surface area contributed by atoms with E-state index in [0.29, 0.717) is 0 Å². The van der Waals surface area contributed by atoms with E-state index >= 15 is 0 Å². The van der Waals surface area contributed by atoms with Crippen LogP contribution in [0.2, 0.25) is 0 Å². The second-order valence-electron chi connectivity index (χ2n) is 3.49. The number of benzene rings is 1. The number of thiazole rings is 1. The van der Waals surface area contributed by atoms with Gasteiger partial charge < -0.3 is 5.11 Å². The Hall–Kier alpha value is -1.58. The normalized spacial score (nSPS) is 11.5. The van der Waals surface area contributed by atoms with Gasteiger partial charge in [0.05, 0.1) is 6.61 Å². The number of nitrogens with one attached hydrogen (secondary N) is 1. The van der Waals surface area contributed by atoms with Gasteiger partial charge in [0.25, 0.3) is 10.0 Å². The van der Waals surface area contributed by atoms with Crippen molar-refractivity contribution in [2.75, 3.05) is 4.72 Å². The van der Waals surface area contributed by atoms with Gasteiger partial charge in [-0.05, 0) is 17.7 Å². The van der Waals surface area contributed by atoms with Crippen LogP contribution in [0.4, 0.5) is 13.9 Å². The van der Waals surface area contributed by atoms with E-state index in [2.05, 4.69) is 4.98 Å². The quantitative estimate of drug-likeness (QED) is 0.901.